The second kappa shape index (κ2) is 10.5. The Hall–Kier alpha value is -5.94. The molecule has 204 valence electrons. The summed E-state index contributed by atoms with van der Waals surface area (Å²) < 4.78 is 6.43. The highest BCUT2D eigenvalue weighted by atomic mass is 16.5. The Morgan fingerprint density at radius 3 is 2.23 bits per heavy atom. The van der Waals surface area contributed by atoms with Crippen molar-refractivity contribution < 1.29 is 4.74 Å². The lowest BCUT2D eigenvalue weighted by molar-refractivity contribution is 0.464. The van der Waals surface area contributed by atoms with Gasteiger partial charge in [-0.3, -0.25) is 4.90 Å². The molecule has 0 fully saturated rings. The Labute approximate surface area is 250 Å². The zero-order valence-corrected chi connectivity index (χ0v) is 23.2. The summed E-state index contributed by atoms with van der Waals surface area (Å²) in [6.07, 6.45) is 10.4. The maximum atomic E-state index is 6.43. The predicted molar refractivity (Wildman–Crippen MR) is 176 cm³/mol. The lowest BCUT2D eigenvalue weighted by Gasteiger charge is -2.26. The van der Waals surface area contributed by atoms with Crippen LogP contribution in [0.25, 0.3) is 35.6 Å². The number of hydrogen-bond donors (Lipinski definition) is 1. The maximum absolute atomic E-state index is 6.43. The number of nitrogens with one attached hydrogen (secondary N) is 1. The van der Waals surface area contributed by atoms with E-state index in [2.05, 4.69) is 107 Å². The summed E-state index contributed by atoms with van der Waals surface area (Å²) in [5.74, 6) is 2.05. The van der Waals surface area contributed by atoms with Crippen molar-refractivity contribution in [1.29, 1.82) is 0 Å². The van der Waals surface area contributed by atoms with E-state index in [9.17, 15) is 0 Å². The number of pyridine rings is 2. The number of para-hydroxylation sites is 3. The second-order valence-corrected chi connectivity index (χ2v) is 10.4. The summed E-state index contributed by atoms with van der Waals surface area (Å²) >= 11 is 0. The number of fused-ring (bicyclic) bond motifs is 4. The fourth-order valence-corrected chi connectivity index (χ4v) is 5.67. The van der Waals surface area contributed by atoms with Gasteiger partial charge in [0.05, 0.1) is 22.8 Å². The van der Waals surface area contributed by atoms with Crippen molar-refractivity contribution in [3.05, 3.63) is 150 Å². The molecule has 0 spiro atoms. The molecule has 4 aromatic carbocycles. The molecular weight excluding hydrogens is 528 g/mol. The fraction of sp³-hybridized carbons (Fsp3) is 0. The highest BCUT2D eigenvalue weighted by Crippen LogP contribution is 2.43. The zero-order chi connectivity index (χ0) is 28.6. The first-order valence-corrected chi connectivity index (χ1v) is 14.2. The van der Waals surface area contributed by atoms with Crippen LogP contribution in [0.3, 0.4) is 0 Å². The van der Waals surface area contributed by atoms with Gasteiger partial charge in [-0.2, -0.15) is 0 Å². The molecule has 0 atom stereocenters. The van der Waals surface area contributed by atoms with Crippen LogP contribution in [0.5, 0.6) is 11.6 Å². The van der Waals surface area contributed by atoms with Gasteiger partial charge in [0.15, 0.2) is 0 Å². The number of hydrogen-bond acceptors (Lipinski definition) is 5. The minimum absolute atomic E-state index is 0.522. The van der Waals surface area contributed by atoms with Crippen LogP contribution in [0.15, 0.2) is 128 Å². The van der Waals surface area contributed by atoms with Crippen molar-refractivity contribution in [3.63, 3.8) is 0 Å². The predicted octanol–water partition coefficient (Wildman–Crippen LogP) is 10.1. The van der Waals surface area contributed by atoms with Gasteiger partial charge in [0.1, 0.15) is 11.6 Å². The average molecular weight is 555 g/mol. The monoisotopic (exact) mass is 554 g/mol. The van der Waals surface area contributed by atoms with Crippen molar-refractivity contribution in [1.82, 2.24) is 9.97 Å². The fourth-order valence-electron chi connectivity index (χ4n) is 5.67. The largest absolute Gasteiger partial charge is 0.439 e. The number of aromatic nitrogens is 2. The molecule has 2 aromatic heterocycles. The van der Waals surface area contributed by atoms with E-state index >= 15 is 0 Å². The molecule has 0 radical (unpaired) electrons. The van der Waals surface area contributed by atoms with Gasteiger partial charge in [-0.25, -0.2) is 9.97 Å². The number of rotatable bonds is 4. The second-order valence-electron chi connectivity index (χ2n) is 10.4. The number of nitrogens with zero attached hydrogens (tertiary/aromatic N) is 3. The molecule has 0 unspecified atom stereocenters. The molecule has 2 aliphatic rings. The lowest BCUT2D eigenvalue weighted by atomic mass is 10.0. The van der Waals surface area contributed by atoms with Gasteiger partial charge >= 0.3 is 0 Å². The summed E-state index contributed by atoms with van der Waals surface area (Å²) in [7, 11) is 0. The van der Waals surface area contributed by atoms with Crippen molar-refractivity contribution >= 4 is 52.9 Å². The van der Waals surface area contributed by atoms with E-state index in [0.717, 1.165) is 62.1 Å². The third kappa shape index (κ3) is 4.63. The van der Waals surface area contributed by atoms with E-state index in [0.29, 0.717) is 11.6 Å². The normalized spacial score (nSPS) is 12.6. The number of ether oxygens (including phenoxy) is 1. The molecule has 1 N–H and O–H groups in total. The molecule has 0 saturated carbocycles. The zero-order valence-electron chi connectivity index (χ0n) is 23.2. The molecule has 2 aliphatic heterocycles. The summed E-state index contributed by atoms with van der Waals surface area (Å²) in [6, 6.07) is 40.9. The number of benzene rings is 4. The van der Waals surface area contributed by atoms with Crippen LogP contribution in [0.2, 0.25) is 0 Å². The Balaban J connectivity index is 1.16. The van der Waals surface area contributed by atoms with Crippen molar-refractivity contribution in [2.24, 2.45) is 0 Å². The summed E-state index contributed by atoms with van der Waals surface area (Å²) in [4.78, 5) is 11.8. The standard InChI is InChI=1S/C38H26N4O/c1-3-13-32-26(9-1)18-21-29-11-7-12-31(38(29)41-32)33-14-8-17-37(40-33)43-30-23-22-28-20-19-27-10-2-4-15-34(27)42(35(28)25-30)36-16-5-6-24-39-36/h1-25,41H. The van der Waals surface area contributed by atoms with Gasteiger partial charge in [0.25, 0.3) is 0 Å². The summed E-state index contributed by atoms with van der Waals surface area (Å²) in [5.41, 5.74) is 10.4. The van der Waals surface area contributed by atoms with Crippen LogP contribution in [-0.2, 0) is 0 Å². The van der Waals surface area contributed by atoms with Crippen LogP contribution < -0.4 is 15.0 Å². The van der Waals surface area contributed by atoms with Gasteiger partial charge in [-0.1, -0.05) is 91.0 Å². The molecule has 5 heteroatoms. The highest BCUT2D eigenvalue weighted by molar-refractivity contribution is 5.94. The van der Waals surface area contributed by atoms with Crippen LogP contribution in [0.1, 0.15) is 22.3 Å². The van der Waals surface area contributed by atoms with Gasteiger partial charge in [0.2, 0.25) is 5.88 Å². The van der Waals surface area contributed by atoms with E-state index in [1.54, 1.807) is 0 Å². The summed E-state index contributed by atoms with van der Waals surface area (Å²) in [6.45, 7) is 0. The van der Waals surface area contributed by atoms with Gasteiger partial charge in [0, 0.05) is 29.6 Å². The van der Waals surface area contributed by atoms with E-state index in [1.165, 1.54) is 0 Å². The molecule has 5 nitrogen and oxygen atoms in total. The lowest BCUT2D eigenvalue weighted by Crippen LogP contribution is -2.13. The minimum atomic E-state index is 0.522. The Morgan fingerprint density at radius 2 is 1.33 bits per heavy atom. The van der Waals surface area contributed by atoms with Gasteiger partial charge < -0.3 is 10.1 Å². The average Bonchev–Trinajstić information content (AvgIpc) is 3.35. The van der Waals surface area contributed by atoms with E-state index in [1.807, 2.05) is 54.7 Å². The molecule has 0 aliphatic carbocycles. The first-order chi connectivity index (χ1) is 21.3. The van der Waals surface area contributed by atoms with E-state index in [-0.39, 0.29) is 0 Å². The third-order valence-electron chi connectivity index (χ3n) is 7.72. The SMILES string of the molecule is C1=Cc2cccc(-c3cccc(Oc4ccc5c(c4)N(c4ccccn4)c4ccccc4C=C5)n3)c2Nc2ccccc21. The quantitative estimate of drug-likeness (QED) is 0.235. The van der Waals surface area contributed by atoms with Gasteiger partial charge in [-0.15, -0.1) is 0 Å². The molecular formula is C38H26N4O. The van der Waals surface area contributed by atoms with E-state index < -0.39 is 0 Å². The van der Waals surface area contributed by atoms with Gasteiger partial charge in [-0.05, 0) is 64.7 Å². The first kappa shape index (κ1) is 24.8. The first-order valence-electron chi connectivity index (χ1n) is 14.2. The summed E-state index contributed by atoms with van der Waals surface area (Å²) in [5, 5.41) is 3.65. The van der Waals surface area contributed by atoms with Crippen molar-refractivity contribution in [2.45, 2.75) is 0 Å². The third-order valence-corrected chi connectivity index (χ3v) is 7.72. The van der Waals surface area contributed by atoms with Crippen LogP contribution in [0, 0.1) is 0 Å². The molecule has 4 heterocycles. The van der Waals surface area contributed by atoms with Crippen molar-refractivity contribution in [2.75, 3.05) is 10.2 Å². The Bertz CT molecular complexity index is 2050. The van der Waals surface area contributed by atoms with E-state index in [4.69, 9.17) is 14.7 Å². The van der Waals surface area contributed by atoms with Crippen LogP contribution in [0.4, 0.5) is 28.6 Å². The molecule has 6 aromatic rings. The Morgan fingerprint density at radius 1 is 0.581 bits per heavy atom. The van der Waals surface area contributed by atoms with Crippen LogP contribution >= 0.6 is 0 Å². The molecule has 0 bridgehead atoms. The Kier molecular flexibility index (Phi) is 6.05. The highest BCUT2D eigenvalue weighted by Gasteiger charge is 2.22. The minimum Gasteiger partial charge on any atom is -0.439 e. The molecule has 43 heavy (non-hydrogen) atoms. The number of anilines is 5. The maximum Gasteiger partial charge on any atom is 0.219 e. The van der Waals surface area contributed by atoms with Crippen LogP contribution in [-0.4, -0.2) is 9.97 Å². The van der Waals surface area contributed by atoms with Crippen molar-refractivity contribution in [3.8, 4) is 22.9 Å². The smallest absolute Gasteiger partial charge is 0.219 e. The molecule has 0 saturated heterocycles. The topological polar surface area (TPSA) is 50.3 Å². The molecule has 0 amide bonds. The molecule has 8 rings (SSSR count).